The minimum Gasteiger partial charge on any atom is -0.269 e. The lowest BCUT2D eigenvalue weighted by Gasteiger charge is -2.11. The van der Waals surface area contributed by atoms with Crippen LogP contribution in [-0.4, -0.2) is 21.0 Å². The van der Waals surface area contributed by atoms with Crippen LogP contribution >= 0.6 is 23.1 Å². The molecule has 0 bridgehead atoms. The second-order valence-electron chi connectivity index (χ2n) is 4.11. The van der Waals surface area contributed by atoms with Gasteiger partial charge in [-0.3, -0.25) is 4.57 Å². The summed E-state index contributed by atoms with van der Waals surface area (Å²) in [6, 6.07) is 12.4. The molecule has 2 aromatic heterocycles. The van der Waals surface area contributed by atoms with Gasteiger partial charge >= 0.3 is 0 Å². The molecule has 96 valence electrons. The third kappa shape index (κ3) is 2.19. The number of para-hydroxylation sites is 1. The maximum absolute atomic E-state index is 4.35. The van der Waals surface area contributed by atoms with Crippen molar-refractivity contribution in [1.29, 1.82) is 0 Å². The molecule has 0 aliphatic heterocycles. The largest absolute Gasteiger partial charge is 0.269 e. The number of thioether (sulfide) groups is 1. The summed E-state index contributed by atoms with van der Waals surface area (Å²) in [6.07, 6.45) is 2.02. The average molecular weight is 287 g/mol. The molecule has 0 fully saturated rings. The van der Waals surface area contributed by atoms with Gasteiger partial charge < -0.3 is 0 Å². The lowest BCUT2D eigenvalue weighted by Crippen LogP contribution is -2.00. The van der Waals surface area contributed by atoms with E-state index in [4.69, 9.17) is 0 Å². The van der Waals surface area contributed by atoms with Gasteiger partial charge in [0.15, 0.2) is 11.0 Å². The molecule has 0 radical (unpaired) electrons. The van der Waals surface area contributed by atoms with E-state index in [1.54, 1.807) is 23.1 Å². The number of thiophene rings is 1. The zero-order chi connectivity index (χ0) is 13.2. The molecular formula is C14H13N3S2. The highest BCUT2D eigenvalue weighted by Crippen LogP contribution is 2.30. The molecule has 0 atom stereocenters. The van der Waals surface area contributed by atoms with Crippen LogP contribution in [0.4, 0.5) is 0 Å². The van der Waals surface area contributed by atoms with E-state index in [0.29, 0.717) is 0 Å². The van der Waals surface area contributed by atoms with Crippen LogP contribution in [0, 0.1) is 6.92 Å². The molecule has 19 heavy (non-hydrogen) atoms. The third-order valence-electron chi connectivity index (χ3n) is 2.91. The van der Waals surface area contributed by atoms with Crippen molar-refractivity contribution < 1.29 is 0 Å². The Bertz CT molecular complexity index is 687. The van der Waals surface area contributed by atoms with Crippen LogP contribution in [0.15, 0.2) is 46.9 Å². The SMILES string of the molecule is CSc1nnc(-c2cccs2)n1-c1ccccc1C. The smallest absolute Gasteiger partial charge is 0.195 e. The lowest BCUT2D eigenvalue weighted by atomic mass is 10.2. The van der Waals surface area contributed by atoms with Crippen molar-refractivity contribution in [2.24, 2.45) is 0 Å². The molecule has 0 N–H and O–H groups in total. The molecule has 2 heterocycles. The molecule has 3 rings (SSSR count). The zero-order valence-electron chi connectivity index (χ0n) is 10.7. The number of aromatic nitrogens is 3. The number of rotatable bonds is 3. The molecule has 3 aromatic rings. The lowest BCUT2D eigenvalue weighted by molar-refractivity contribution is 0.883. The highest BCUT2D eigenvalue weighted by atomic mass is 32.2. The molecule has 0 saturated carbocycles. The molecular weight excluding hydrogens is 274 g/mol. The summed E-state index contributed by atoms with van der Waals surface area (Å²) in [5.41, 5.74) is 2.36. The summed E-state index contributed by atoms with van der Waals surface area (Å²) in [7, 11) is 0. The maximum Gasteiger partial charge on any atom is 0.195 e. The Morgan fingerprint density at radius 2 is 1.95 bits per heavy atom. The van der Waals surface area contributed by atoms with Gasteiger partial charge in [-0.05, 0) is 36.3 Å². The van der Waals surface area contributed by atoms with Crippen molar-refractivity contribution in [2.45, 2.75) is 12.1 Å². The van der Waals surface area contributed by atoms with Crippen LogP contribution in [-0.2, 0) is 0 Å². The topological polar surface area (TPSA) is 30.7 Å². The number of benzene rings is 1. The van der Waals surface area contributed by atoms with Gasteiger partial charge in [0, 0.05) is 0 Å². The van der Waals surface area contributed by atoms with Crippen molar-refractivity contribution in [3.8, 4) is 16.4 Å². The first-order valence-corrected chi connectivity index (χ1v) is 8.01. The summed E-state index contributed by atoms with van der Waals surface area (Å²) < 4.78 is 2.13. The first kappa shape index (κ1) is 12.4. The van der Waals surface area contributed by atoms with Crippen molar-refractivity contribution in [3.63, 3.8) is 0 Å². The Hall–Kier alpha value is -1.59. The van der Waals surface area contributed by atoms with Crippen LogP contribution < -0.4 is 0 Å². The van der Waals surface area contributed by atoms with E-state index in [-0.39, 0.29) is 0 Å². The number of nitrogens with zero attached hydrogens (tertiary/aromatic N) is 3. The number of hydrogen-bond donors (Lipinski definition) is 0. The summed E-state index contributed by atoms with van der Waals surface area (Å²) in [6.45, 7) is 2.11. The van der Waals surface area contributed by atoms with E-state index in [0.717, 1.165) is 21.5 Å². The molecule has 0 amide bonds. The van der Waals surface area contributed by atoms with Gasteiger partial charge in [-0.15, -0.1) is 21.5 Å². The molecule has 0 unspecified atom stereocenters. The van der Waals surface area contributed by atoms with Gasteiger partial charge in [-0.2, -0.15) is 0 Å². The van der Waals surface area contributed by atoms with E-state index in [9.17, 15) is 0 Å². The van der Waals surface area contributed by atoms with Crippen molar-refractivity contribution in [2.75, 3.05) is 6.26 Å². The minimum atomic E-state index is 0.911. The van der Waals surface area contributed by atoms with Crippen molar-refractivity contribution in [3.05, 3.63) is 47.3 Å². The van der Waals surface area contributed by atoms with Crippen molar-refractivity contribution in [1.82, 2.24) is 14.8 Å². The van der Waals surface area contributed by atoms with E-state index in [2.05, 4.69) is 45.3 Å². The normalized spacial score (nSPS) is 10.8. The molecule has 1 aromatic carbocycles. The van der Waals surface area contributed by atoms with Gasteiger partial charge in [-0.25, -0.2) is 0 Å². The van der Waals surface area contributed by atoms with Crippen molar-refractivity contribution >= 4 is 23.1 Å². The Balaban J connectivity index is 2.25. The minimum absolute atomic E-state index is 0.911. The first-order valence-electron chi connectivity index (χ1n) is 5.90. The fraction of sp³-hybridized carbons (Fsp3) is 0.143. The van der Waals surface area contributed by atoms with Gasteiger partial charge in [-0.1, -0.05) is 36.0 Å². The van der Waals surface area contributed by atoms with E-state index in [1.807, 2.05) is 24.5 Å². The highest BCUT2D eigenvalue weighted by molar-refractivity contribution is 7.98. The van der Waals surface area contributed by atoms with Crippen LogP contribution in [0.1, 0.15) is 5.56 Å². The van der Waals surface area contributed by atoms with E-state index in [1.165, 1.54) is 5.56 Å². The molecule has 3 nitrogen and oxygen atoms in total. The quantitative estimate of drug-likeness (QED) is 0.681. The molecule has 0 saturated heterocycles. The molecule has 0 spiro atoms. The fourth-order valence-corrected chi connectivity index (χ4v) is 3.19. The van der Waals surface area contributed by atoms with Crippen LogP contribution in [0.25, 0.3) is 16.4 Å². The summed E-state index contributed by atoms with van der Waals surface area (Å²) in [4.78, 5) is 1.14. The number of hydrogen-bond acceptors (Lipinski definition) is 4. The van der Waals surface area contributed by atoms with E-state index < -0.39 is 0 Å². The fourth-order valence-electron chi connectivity index (χ4n) is 2.00. The van der Waals surface area contributed by atoms with Crippen LogP contribution in [0.3, 0.4) is 0 Å². The molecule has 0 aliphatic rings. The Morgan fingerprint density at radius 1 is 1.11 bits per heavy atom. The average Bonchev–Trinajstić information content (AvgIpc) is 3.07. The first-order chi connectivity index (χ1) is 9.31. The van der Waals surface area contributed by atoms with Gasteiger partial charge in [0.25, 0.3) is 0 Å². The predicted molar refractivity (Wildman–Crippen MR) is 81.2 cm³/mol. The summed E-state index contributed by atoms with van der Waals surface area (Å²) in [5.74, 6) is 0.911. The number of aryl methyl sites for hydroxylation is 1. The maximum atomic E-state index is 4.35. The zero-order valence-corrected chi connectivity index (χ0v) is 12.3. The Kier molecular flexibility index (Phi) is 3.40. The van der Waals surface area contributed by atoms with Gasteiger partial charge in [0.1, 0.15) is 0 Å². The van der Waals surface area contributed by atoms with Gasteiger partial charge in [0.2, 0.25) is 0 Å². The highest BCUT2D eigenvalue weighted by Gasteiger charge is 2.16. The Labute approximate surface area is 120 Å². The molecule has 0 aliphatic carbocycles. The van der Waals surface area contributed by atoms with E-state index >= 15 is 0 Å². The third-order valence-corrected chi connectivity index (χ3v) is 4.41. The summed E-state index contributed by atoms with van der Waals surface area (Å²) in [5, 5.41) is 11.6. The Morgan fingerprint density at radius 3 is 2.63 bits per heavy atom. The summed E-state index contributed by atoms with van der Waals surface area (Å²) >= 11 is 3.29. The van der Waals surface area contributed by atoms with Gasteiger partial charge in [0.05, 0.1) is 10.6 Å². The monoisotopic (exact) mass is 287 g/mol. The predicted octanol–water partition coefficient (Wildman–Crippen LogP) is 4.03. The second kappa shape index (κ2) is 5.19. The molecule has 5 heteroatoms. The van der Waals surface area contributed by atoms with Crippen LogP contribution in [0.2, 0.25) is 0 Å². The van der Waals surface area contributed by atoms with Crippen LogP contribution in [0.5, 0.6) is 0 Å². The second-order valence-corrected chi connectivity index (χ2v) is 5.83. The standard InChI is InChI=1S/C14H13N3S2/c1-10-6-3-4-7-11(10)17-13(12-8-5-9-19-12)15-16-14(17)18-2/h3-9H,1-2H3.